The van der Waals surface area contributed by atoms with Gasteiger partial charge in [-0.05, 0) is 0 Å². The topological polar surface area (TPSA) is 60.0 Å². The first kappa shape index (κ1) is 213. The van der Waals surface area contributed by atoms with Crippen molar-refractivity contribution in [3.8, 4) is 0 Å². The third-order valence-corrected chi connectivity index (χ3v) is 0. The molecule has 3 heteroatoms. The number of rotatable bonds is 0. The van der Waals surface area contributed by atoms with E-state index < -0.39 is 0 Å². The van der Waals surface area contributed by atoms with Gasteiger partial charge in [-0.25, -0.2) is 0 Å². The van der Waals surface area contributed by atoms with E-state index >= 15 is 0 Å². The summed E-state index contributed by atoms with van der Waals surface area (Å²) in [5.41, 5.74) is 0. The fraction of sp³-hybridized carbons (Fsp3) is 0. The van der Waals surface area contributed by atoms with Crippen molar-refractivity contribution in [2.75, 3.05) is 0 Å². The summed E-state index contributed by atoms with van der Waals surface area (Å²) in [7, 11) is 0. The van der Waals surface area contributed by atoms with Gasteiger partial charge in [-0.15, -0.1) is 0 Å². The molecule has 0 aliphatic carbocycles. The molecule has 0 heterocycles. The molecule has 0 saturated carbocycles. The van der Waals surface area contributed by atoms with Crippen LogP contribution < -0.4 is 0 Å². The van der Waals surface area contributed by atoms with E-state index in [1.54, 1.807) is 0 Å². The summed E-state index contributed by atoms with van der Waals surface area (Å²) in [5, 5.41) is 0. The van der Waals surface area contributed by atoms with Gasteiger partial charge in [0.15, 0.2) is 0 Å². The predicted molar refractivity (Wildman–Crippen MR) is 16.7 cm³/mol. The van der Waals surface area contributed by atoms with Crippen molar-refractivity contribution in [3.05, 3.63) is 14.9 Å². The fourth-order valence-corrected chi connectivity index (χ4v) is 0. The van der Waals surface area contributed by atoms with Crippen LogP contribution in [0.25, 0.3) is 0 Å². The Morgan fingerprint density at radius 2 is 0.600 bits per heavy atom. The Morgan fingerprint density at radius 3 is 0.600 bits per heavy atom. The van der Waals surface area contributed by atoms with Crippen LogP contribution in [-0.2, 0) is 25.8 Å². The summed E-state index contributed by atoms with van der Waals surface area (Å²) in [5.74, 6) is 0. The second-order valence-electron chi connectivity index (χ2n) is 0. The molecule has 0 aliphatic rings. The van der Waals surface area contributed by atoms with Crippen molar-refractivity contribution < 1.29 is 36.8 Å². The SMILES string of the molecule is [CH3-].[CH3-].[Hf+4].[OH-].[OH-]. The molecule has 0 aromatic rings. The van der Waals surface area contributed by atoms with E-state index in [2.05, 4.69) is 0 Å². The average molecular weight is 243 g/mol. The predicted octanol–water partition coefficient (Wildman–Crippen LogP) is 0.544. The van der Waals surface area contributed by atoms with Crippen molar-refractivity contribution in [2.24, 2.45) is 0 Å². The monoisotopic (exact) mass is 244 g/mol. The minimum Gasteiger partial charge on any atom is -0.870 e. The van der Waals surface area contributed by atoms with E-state index in [0.29, 0.717) is 0 Å². The van der Waals surface area contributed by atoms with Crippen LogP contribution in [0, 0.1) is 14.9 Å². The third-order valence-electron chi connectivity index (χ3n) is 0. The largest absolute Gasteiger partial charge is 4.00 e. The first-order chi connectivity index (χ1) is 0. The molecule has 0 aliphatic heterocycles. The maximum Gasteiger partial charge on any atom is 4.00 e. The van der Waals surface area contributed by atoms with Crippen LogP contribution in [0.1, 0.15) is 0 Å². The van der Waals surface area contributed by atoms with Crippen molar-refractivity contribution in [1.29, 1.82) is 0 Å². The van der Waals surface area contributed by atoms with Gasteiger partial charge >= 0.3 is 25.8 Å². The van der Waals surface area contributed by atoms with Gasteiger partial charge in [-0.3, -0.25) is 0 Å². The van der Waals surface area contributed by atoms with Gasteiger partial charge in [-0.1, -0.05) is 0 Å². The van der Waals surface area contributed by atoms with Crippen LogP contribution >= 0.6 is 0 Å². The van der Waals surface area contributed by atoms with Crippen molar-refractivity contribution in [3.63, 3.8) is 0 Å². The molecule has 0 atom stereocenters. The van der Waals surface area contributed by atoms with E-state index in [0.717, 1.165) is 0 Å². The maximum atomic E-state index is 0. The molecule has 0 fully saturated rings. The third kappa shape index (κ3) is 59.7. The summed E-state index contributed by atoms with van der Waals surface area (Å²) in [6, 6.07) is 0. The maximum absolute atomic E-state index is 0. The van der Waals surface area contributed by atoms with Gasteiger partial charge in [0.2, 0.25) is 0 Å². The normalized spacial score (nSPS) is 0. The van der Waals surface area contributed by atoms with Crippen LogP contribution in [0.5, 0.6) is 0 Å². The zero-order chi connectivity index (χ0) is 0. The molecule has 0 aromatic carbocycles. The van der Waals surface area contributed by atoms with Crippen molar-refractivity contribution in [1.82, 2.24) is 0 Å². The van der Waals surface area contributed by atoms with Gasteiger partial charge in [0.25, 0.3) is 0 Å². The Hall–Kier alpha value is 0.790. The Morgan fingerprint density at radius 1 is 0.600 bits per heavy atom. The summed E-state index contributed by atoms with van der Waals surface area (Å²) >= 11 is 0. The fourth-order valence-electron chi connectivity index (χ4n) is 0. The zero-order valence-corrected chi connectivity index (χ0v) is 6.99. The van der Waals surface area contributed by atoms with Gasteiger partial charge in [0.05, 0.1) is 0 Å². The first-order valence-corrected chi connectivity index (χ1v) is 0. The van der Waals surface area contributed by atoms with E-state index in [-0.39, 0.29) is 51.6 Å². The Bertz CT molecular complexity index is 7.61. The zero-order valence-electron chi connectivity index (χ0n) is 3.39. The molecule has 0 rings (SSSR count). The van der Waals surface area contributed by atoms with Crippen LogP contribution in [0.2, 0.25) is 0 Å². The van der Waals surface area contributed by atoms with Crippen LogP contribution in [0.4, 0.5) is 0 Å². The van der Waals surface area contributed by atoms with Gasteiger partial charge in [0, 0.05) is 0 Å². The van der Waals surface area contributed by atoms with Gasteiger partial charge in [-0.2, -0.15) is 0 Å². The minimum absolute atomic E-state index is 0. The van der Waals surface area contributed by atoms with E-state index in [1.165, 1.54) is 0 Å². The molecule has 0 spiro atoms. The molecule has 2 nitrogen and oxygen atoms in total. The van der Waals surface area contributed by atoms with Crippen LogP contribution in [0.3, 0.4) is 0 Å². The van der Waals surface area contributed by atoms with E-state index in [1.807, 2.05) is 0 Å². The second-order valence-corrected chi connectivity index (χ2v) is 0. The number of hydrogen-bond acceptors (Lipinski definition) is 2. The van der Waals surface area contributed by atoms with Crippen LogP contribution in [0.15, 0.2) is 0 Å². The molecule has 2 N–H and O–H groups in total. The minimum atomic E-state index is 0. The van der Waals surface area contributed by atoms with Gasteiger partial charge in [0.1, 0.15) is 0 Å². The molecule has 0 unspecified atom stereocenters. The molecule has 0 bridgehead atoms. The molecule has 0 amide bonds. The Labute approximate surface area is 52.0 Å². The summed E-state index contributed by atoms with van der Waals surface area (Å²) in [4.78, 5) is 0. The molecule has 32 valence electrons. The van der Waals surface area contributed by atoms with Gasteiger partial charge < -0.3 is 25.8 Å². The van der Waals surface area contributed by atoms with Crippen molar-refractivity contribution in [2.45, 2.75) is 0 Å². The smallest absolute Gasteiger partial charge is 0.870 e. The molecule has 5 heavy (non-hydrogen) atoms. The summed E-state index contributed by atoms with van der Waals surface area (Å²) < 4.78 is 0. The summed E-state index contributed by atoms with van der Waals surface area (Å²) in [6.07, 6.45) is 0. The molecular weight excluding hydrogens is 235 g/mol. The molecule has 0 radical (unpaired) electrons. The molecular formula is C2H8HfO2. The van der Waals surface area contributed by atoms with Crippen LogP contribution in [-0.4, -0.2) is 11.0 Å². The Balaban J connectivity index is 0. The second kappa shape index (κ2) is 110. The molecule has 0 saturated heterocycles. The number of hydrogen-bond donors (Lipinski definition) is 0. The standard InChI is InChI=1S/2CH3.Hf.2H2O/h2*1H3;;2*1H2/q2*-1;+4;;/p-2. The van der Waals surface area contributed by atoms with E-state index in [4.69, 9.17) is 0 Å². The quantitative estimate of drug-likeness (QED) is 0.460. The summed E-state index contributed by atoms with van der Waals surface area (Å²) in [6.45, 7) is 0. The van der Waals surface area contributed by atoms with E-state index in [9.17, 15) is 0 Å². The average Bonchev–Trinajstić information content (AvgIpc) is 0. The van der Waals surface area contributed by atoms with Crippen molar-refractivity contribution >= 4 is 0 Å². The Kier molecular flexibility index (Phi) is 4690. The first-order valence-electron chi connectivity index (χ1n) is 0. The molecule has 0 aromatic heterocycles.